The minimum atomic E-state index is -4.10. The first-order valence-electron chi connectivity index (χ1n) is 11.6. The Balaban J connectivity index is 1.40. The van der Waals surface area contributed by atoms with E-state index in [2.05, 4.69) is 4.72 Å². The zero-order valence-corrected chi connectivity index (χ0v) is 21.7. The summed E-state index contributed by atoms with van der Waals surface area (Å²) in [7, 11) is -4.10. The van der Waals surface area contributed by atoms with Crippen LogP contribution >= 0.6 is 23.2 Å². The number of rotatable bonds is 8. The van der Waals surface area contributed by atoms with Crippen LogP contribution in [0.3, 0.4) is 0 Å². The molecule has 188 valence electrons. The molecule has 6 nitrogen and oxygen atoms in total. The Hall–Kier alpha value is -2.87. The molecule has 4 rings (SSSR count). The molecule has 0 heterocycles. The monoisotopic (exact) mass is 545 g/mol. The van der Waals surface area contributed by atoms with Gasteiger partial charge in [-0.25, -0.2) is 13.2 Å². The summed E-state index contributed by atoms with van der Waals surface area (Å²) in [5.41, 5.74) is 1.92. The van der Waals surface area contributed by atoms with E-state index in [0.717, 1.165) is 6.07 Å². The lowest BCUT2D eigenvalue weighted by Gasteiger charge is -2.22. The van der Waals surface area contributed by atoms with Gasteiger partial charge in [0.2, 0.25) is 0 Å². The molecule has 36 heavy (non-hydrogen) atoms. The van der Waals surface area contributed by atoms with Crippen LogP contribution in [0.4, 0.5) is 5.69 Å². The number of ether oxygens (including phenoxy) is 1. The number of carbonyl (C=O) groups excluding carboxylic acids is 2. The SMILES string of the molecule is O=C(COC(=O)c1ccc(Cl)c(S(=O)(=O)Nc2ccc(Cl)cc2)c1)c1ccc(C2CCCCC2)cc1. The van der Waals surface area contributed by atoms with Gasteiger partial charge in [0.05, 0.1) is 10.6 Å². The number of carbonyl (C=O) groups is 2. The van der Waals surface area contributed by atoms with Crippen LogP contribution in [0, 0.1) is 0 Å². The zero-order valence-electron chi connectivity index (χ0n) is 19.4. The highest BCUT2D eigenvalue weighted by Crippen LogP contribution is 2.32. The molecule has 0 unspecified atom stereocenters. The van der Waals surface area contributed by atoms with E-state index in [0.29, 0.717) is 16.5 Å². The maximum Gasteiger partial charge on any atom is 0.338 e. The average Bonchev–Trinajstić information content (AvgIpc) is 2.89. The molecule has 0 spiro atoms. The molecule has 0 saturated heterocycles. The van der Waals surface area contributed by atoms with Crippen LogP contribution in [0.25, 0.3) is 0 Å². The van der Waals surface area contributed by atoms with Crippen molar-refractivity contribution in [3.8, 4) is 0 Å². The molecule has 0 radical (unpaired) electrons. The van der Waals surface area contributed by atoms with Gasteiger partial charge in [0.25, 0.3) is 10.0 Å². The third kappa shape index (κ3) is 6.46. The molecule has 9 heteroatoms. The number of hydrogen-bond donors (Lipinski definition) is 1. The summed E-state index contributed by atoms with van der Waals surface area (Å²) in [6.07, 6.45) is 6.06. The number of sulfonamides is 1. The van der Waals surface area contributed by atoms with Gasteiger partial charge in [-0.1, -0.05) is 66.7 Å². The number of Topliss-reactive ketones (excluding diaryl/α,β-unsaturated/α-hetero) is 1. The van der Waals surface area contributed by atoms with E-state index in [1.807, 2.05) is 12.1 Å². The largest absolute Gasteiger partial charge is 0.454 e. The first-order chi connectivity index (χ1) is 17.2. The second-order valence-corrected chi connectivity index (χ2v) is 11.2. The predicted octanol–water partition coefficient (Wildman–Crippen LogP) is 6.88. The highest BCUT2D eigenvalue weighted by molar-refractivity contribution is 7.92. The van der Waals surface area contributed by atoms with Gasteiger partial charge in [-0.3, -0.25) is 9.52 Å². The van der Waals surface area contributed by atoms with Gasteiger partial charge in [-0.15, -0.1) is 0 Å². The maximum absolute atomic E-state index is 12.8. The second-order valence-electron chi connectivity index (χ2n) is 8.71. The van der Waals surface area contributed by atoms with Crippen molar-refractivity contribution >= 4 is 50.7 Å². The topological polar surface area (TPSA) is 89.5 Å². The molecule has 1 saturated carbocycles. The first kappa shape index (κ1) is 26.2. The number of ketones is 1. The van der Waals surface area contributed by atoms with Gasteiger partial charge in [-0.05, 0) is 66.8 Å². The van der Waals surface area contributed by atoms with Gasteiger partial charge in [-0.2, -0.15) is 0 Å². The Morgan fingerprint density at radius 2 is 1.50 bits per heavy atom. The molecule has 1 N–H and O–H groups in total. The van der Waals surface area contributed by atoms with Crippen molar-refractivity contribution in [3.63, 3.8) is 0 Å². The van der Waals surface area contributed by atoms with E-state index in [1.54, 1.807) is 12.1 Å². The number of halogens is 2. The molecule has 3 aromatic rings. The molecular weight excluding hydrogens is 521 g/mol. The van der Waals surface area contributed by atoms with Crippen LogP contribution in [-0.2, 0) is 14.8 Å². The fraction of sp³-hybridized carbons (Fsp3) is 0.259. The van der Waals surface area contributed by atoms with E-state index in [4.69, 9.17) is 27.9 Å². The minimum absolute atomic E-state index is 0.0451. The second kappa shape index (κ2) is 11.5. The molecule has 1 aliphatic rings. The average molecular weight is 546 g/mol. The van der Waals surface area contributed by atoms with Crippen molar-refractivity contribution in [3.05, 3.63) is 93.5 Å². The summed E-state index contributed by atoms with van der Waals surface area (Å²) in [5, 5.41) is 0.387. The Kier molecular flexibility index (Phi) is 8.34. The number of benzene rings is 3. The van der Waals surface area contributed by atoms with E-state index in [1.165, 1.54) is 74.1 Å². The van der Waals surface area contributed by atoms with Crippen molar-refractivity contribution in [1.82, 2.24) is 0 Å². The van der Waals surface area contributed by atoms with Gasteiger partial charge < -0.3 is 4.74 Å². The number of nitrogens with one attached hydrogen (secondary N) is 1. The first-order valence-corrected chi connectivity index (χ1v) is 13.8. The highest BCUT2D eigenvalue weighted by atomic mass is 35.5. The normalized spacial score (nSPS) is 14.3. The molecule has 0 amide bonds. The van der Waals surface area contributed by atoms with Gasteiger partial charge >= 0.3 is 5.97 Å². The lowest BCUT2D eigenvalue weighted by Crippen LogP contribution is -2.17. The van der Waals surface area contributed by atoms with Crippen LogP contribution in [-0.4, -0.2) is 26.8 Å². The van der Waals surface area contributed by atoms with Crippen molar-refractivity contribution in [2.45, 2.75) is 42.9 Å². The van der Waals surface area contributed by atoms with Crippen LogP contribution in [0.5, 0.6) is 0 Å². The maximum atomic E-state index is 12.8. The molecule has 0 bridgehead atoms. The minimum Gasteiger partial charge on any atom is -0.454 e. The lowest BCUT2D eigenvalue weighted by atomic mass is 9.84. The molecular formula is C27H25Cl2NO5S. The summed E-state index contributed by atoms with van der Waals surface area (Å²) >= 11 is 11.9. The van der Waals surface area contributed by atoms with Gasteiger partial charge in [0, 0.05) is 16.3 Å². The molecule has 0 atom stereocenters. The highest BCUT2D eigenvalue weighted by Gasteiger charge is 2.22. The van der Waals surface area contributed by atoms with Crippen LogP contribution in [0.15, 0.2) is 71.6 Å². The van der Waals surface area contributed by atoms with Crippen molar-refractivity contribution < 1.29 is 22.7 Å². The quantitative estimate of drug-likeness (QED) is 0.246. The Morgan fingerprint density at radius 3 is 2.17 bits per heavy atom. The third-order valence-corrected chi connectivity index (χ3v) is 8.31. The number of esters is 1. The van der Waals surface area contributed by atoms with Crippen LogP contribution < -0.4 is 4.72 Å². The van der Waals surface area contributed by atoms with Gasteiger partial charge in [0.15, 0.2) is 12.4 Å². The van der Waals surface area contributed by atoms with Crippen LogP contribution in [0.2, 0.25) is 10.0 Å². The standard InChI is InChI=1S/C27H25Cl2NO5S/c28-22-11-13-23(14-12-22)30-36(33,34)26-16-21(10-15-24(26)29)27(32)35-17-25(31)20-8-6-19(7-9-20)18-4-2-1-3-5-18/h6-16,18,30H,1-5,17H2. The molecule has 3 aromatic carbocycles. The van der Waals surface area contributed by atoms with Gasteiger partial charge in [0.1, 0.15) is 4.90 Å². The Labute approximate surface area is 220 Å². The molecule has 0 aliphatic heterocycles. The zero-order chi connectivity index (χ0) is 25.7. The third-order valence-electron chi connectivity index (χ3n) is 6.20. The summed E-state index contributed by atoms with van der Waals surface area (Å²) < 4.78 is 33.2. The number of hydrogen-bond acceptors (Lipinski definition) is 5. The van der Waals surface area contributed by atoms with E-state index in [9.17, 15) is 18.0 Å². The predicted molar refractivity (Wildman–Crippen MR) is 141 cm³/mol. The van der Waals surface area contributed by atoms with E-state index in [-0.39, 0.29) is 27.0 Å². The van der Waals surface area contributed by atoms with E-state index >= 15 is 0 Å². The van der Waals surface area contributed by atoms with Crippen molar-refractivity contribution in [2.24, 2.45) is 0 Å². The number of anilines is 1. The molecule has 0 aromatic heterocycles. The Bertz CT molecular complexity index is 1350. The van der Waals surface area contributed by atoms with E-state index < -0.39 is 22.6 Å². The lowest BCUT2D eigenvalue weighted by molar-refractivity contribution is 0.0474. The molecule has 1 fully saturated rings. The van der Waals surface area contributed by atoms with Crippen LogP contribution in [0.1, 0.15) is 64.3 Å². The summed E-state index contributed by atoms with van der Waals surface area (Å²) in [6.45, 7) is -0.463. The van der Waals surface area contributed by atoms with Crippen molar-refractivity contribution in [2.75, 3.05) is 11.3 Å². The summed E-state index contributed by atoms with van der Waals surface area (Å²) in [5.74, 6) is -0.642. The summed E-state index contributed by atoms with van der Waals surface area (Å²) in [6, 6.07) is 17.3. The molecule has 1 aliphatic carbocycles. The Morgan fingerprint density at radius 1 is 0.861 bits per heavy atom. The fourth-order valence-electron chi connectivity index (χ4n) is 4.24. The summed E-state index contributed by atoms with van der Waals surface area (Å²) in [4.78, 5) is 24.8. The smallest absolute Gasteiger partial charge is 0.338 e. The fourth-order valence-corrected chi connectivity index (χ4v) is 5.95. The van der Waals surface area contributed by atoms with Crippen molar-refractivity contribution in [1.29, 1.82) is 0 Å².